The number of nitrogens with zero attached hydrogens (tertiary/aromatic N) is 2. The van der Waals surface area contributed by atoms with Gasteiger partial charge >= 0.3 is 0 Å². The van der Waals surface area contributed by atoms with Crippen LogP contribution in [0.1, 0.15) is 12.7 Å². The first-order chi connectivity index (χ1) is 7.74. The van der Waals surface area contributed by atoms with Gasteiger partial charge in [0.2, 0.25) is 0 Å². The van der Waals surface area contributed by atoms with Crippen molar-refractivity contribution < 1.29 is 0 Å². The highest BCUT2D eigenvalue weighted by molar-refractivity contribution is 6.35. The molecule has 0 unspecified atom stereocenters. The van der Waals surface area contributed by atoms with E-state index in [9.17, 15) is 0 Å². The lowest BCUT2D eigenvalue weighted by Crippen LogP contribution is -2.17. The molecule has 0 aliphatic heterocycles. The molecule has 2 rings (SSSR count). The highest BCUT2D eigenvalue weighted by Gasteiger charge is 2.09. The van der Waals surface area contributed by atoms with Gasteiger partial charge in [0.05, 0.1) is 16.1 Å². The van der Waals surface area contributed by atoms with Crippen molar-refractivity contribution in [1.29, 1.82) is 0 Å². The first-order valence-electron chi connectivity index (χ1n) is 5.54. The van der Waals surface area contributed by atoms with Gasteiger partial charge in [0.15, 0.2) is 0 Å². The number of hydrogen-bond donors (Lipinski definition) is 1. The first-order valence-corrected chi connectivity index (χ1v) is 5.92. The third-order valence-corrected chi connectivity index (χ3v) is 3.02. The minimum Gasteiger partial charge on any atom is -0.330 e. The van der Waals surface area contributed by atoms with Crippen molar-refractivity contribution in [1.82, 2.24) is 14.9 Å². The van der Waals surface area contributed by atoms with E-state index in [1.54, 1.807) is 0 Å². The van der Waals surface area contributed by atoms with Crippen LogP contribution >= 0.6 is 11.6 Å². The molecule has 0 amide bonds. The molecular weight excluding hydrogens is 222 g/mol. The Morgan fingerprint density at radius 1 is 1.44 bits per heavy atom. The van der Waals surface area contributed by atoms with Crippen LogP contribution in [0.3, 0.4) is 0 Å². The van der Waals surface area contributed by atoms with E-state index in [2.05, 4.69) is 21.8 Å². The molecule has 86 valence electrons. The Kier molecular flexibility index (Phi) is 3.46. The SMILES string of the molecule is CCNCCc1nc2cccc(Cl)c2n1C. The molecule has 0 atom stereocenters. The lowest BCUT2D eigenvalue weighted by Gasteiger charge is -2.03. The van der Waals surface area contributed by atoms with E-state index >= 15 is 0 Å². The van der Waals surface area contributed by atoms with Crippen molar-refractivity contribution >= 4 is 22.6 Å². The Morgan fingerprint density at radius 2 is 2.25 bits per heavy atom. The molecule has 0 aliphatic carbocycles. The van der Waals surface area contributed by atoms with Crippen LogP contribution in [0.2, 0.25) is 5.02 Å². The second kappa shape index (κ2) is 4.85. The maximum Gasteiger partial charge on any atom is 0.110 e. The smallest absolute Gasteiger partial charge is 0.110 e. The van der Waals surface area contributed by atoms with E-state index in [0.29, 0.717) is 0 Å². The number of benzene rings is 1. The minimum atomic E-state index is 0.766. The minimum absolute atomic E-state index is 0.766. The number of aromatic nitrogens is 2. The fraction of sp³-hybridized carbons (Fsp3) is 0.417. The van der Waals surface area contributed by atoms with Gasteiger partial charge in [0, 0.05) is 20.0 Å². The number of aryl methyl sites for hydroxylation is 1. The van der Waals surface area contributed by atoms with E-state index < -0.39 is 0 Å². The second-order valence-electron chi connectivity index (χ2n) is 3.80. The molecule has 1 aromatic carbocycles. The number of para-hydroxylation sites is 1. The number of halogens is 1. The zero-order valence-corrected chi connectivity index (χ0v) is 10.4. The van der Waals surface area contributed by atoms with Crippen molar-refractivity contribution in [3.8, 4) is 0 Å². The van der Waals surface area contributed by atoms with Crippen LogP contribution in [0.5, 0.6) is 0 Å². The Balaban J connectivity index is 2.33. The highest BCUT2D eigenvalue weighted by Crippen LogP contribution is 2.23. The van der Waals surface area contributed by atoms with Gasteiger partial charge in [0.1, 0.15) is 5.82 Å². The monoisotopic (exact) mass is 237 g/mol. The molecule has 0 saturated heterocycles. The van der Waals surface area contributed by atoms with Gasteiger partial charge in [-0.3, -0.25) is 0 Å². The summed E-state index contributed by atoms with van der Waals surface area (Å²) < 4.78 is 2.08. The van der Waals surface area contributed by atoms with Crippen LogP contribution in [-0.2, 0) is 13.5 Å². The standard InChI is InChI=1S/C12H16ClN3/c1-3-14-8-7-11-15-10-6-4-5-9(13)12(10)16(11)2/h4-6,14H,3,7-8H2,1-2H3. The molecule has 3 nitrogen and oxygen atoms in total. The fourth-order valence-electron chi connectivity index (χ4n) is 1.87. The van der Waals surface area contributed by atoms with Crippen molar-refractivity contribution in [2.75, 3.05) is 13.1 Å². The van der Waals surface area contributed by atoms with Gasteiger partial charge in [-0.25, -0.2) is 4.98 Å². The van der Waals surface area contributed by atoms with Crippen molar-refractivity contribution in [3.63, 3.8) is 0 Å². The van der Waals surface area contributed by atoms with E-state index in [0.717, 1.165) is 41.4 Å². The van der Waals surface area contributed by atoms with Gasteiger partial charge in [-0.15, -0.1) is 0 Å². The molecule has 0 aliphatic rings. The molecule has 4 heteroatoms. The first kappa shape index (κ1) is 11.4. The van der Waals surface area contributed by atoms with E-state index in [4.69, 9.17) is 11.6 Å². The summed E-state index contributed by atoms with van der Waals surface area (Å²) in [7, 11) is 2.02. The van der Waals surface area contributed by atoms with Crippen molar-refractivity contribution in [3.05, 3.63) is 29.0 Å². The van der Waals surface area contributed by atoms with Crippen LogP contribution in [0.15, 0.2) is 18.2 Å². The summed E-state index contributed by atoms with van der Waals surface area (Å²) in [6, 6.07) is 5.84. The third-order valence-electron chi connectivity index (χ3n) is 2.71. The maximum atomic E-state index is 6.16. The topological polar surface area (TPSA) is 29.9 Å². The van der Waals surface area contributed by atoms with Crippen LogP contribution in [0.4, 0.5) is 0 Å². The fourth-order valence-corrected chi connectivity index (χ4v) is 2.17. The van der Waals surface area contributed by atoms with E-state index in [1.807, 2.05) is 25.2 Å². The average Bonchev–Trinajstić information content (AvgIpc) is 2.58. The maximum absolute atomic E-state index is 6.16. The summed E-state index contributed by atoms with van der Waals surface area (Å²) in [5, 5.41) is 4.06. The van der Waals surface area contributed by atoms with Gasteiger partial charge < -0.3 is 9.88 Å². The van der Waals surface area contributed by atoms with Crippen LogP contribution < -0.4 is 5.32 Å². The quantitative estimate of drug-likeness (QED) is 0.828. The Bertz CT molecular complexity index is 490. The predicted molar refractivity (Wildman–Crippen MR) is 68.0 cm³/mol. The molecule has 1 N–H and O–H groups in total. The highest BCUT2D eigenvalue weighted by atomic mass is 35.5. The van der Waals surface area contributed by atoms with Crippen molar-refractivity contribution in [2.24, 2.45) is 7.05 Å². The van der Waals surface area contributed by atoms with Crippen LogP contribution in [-0.4, -0.2) is 22.6 Å². The molecule has 0 saturated carbocycles. The second-order valence-corrected chi connectivity index (χ2v) is 4.21. The van der Waals surface area contributed by atoms with E-state index in [1.165, 1.54) is 0 Å². The summed E-state index contributed by atoms with van der Waals surface area (Å²) in [4.78, 5) is 4.58. The summed E-state index contributed by atoms with van der Waals surface area (Å²) in [6.07, 6.45) is 0.926. The van der Waals surface area contributed by atoms with Gasteiger partial charge in [-0.05, 0) is 18.7 Å². The molecule has 1 heterocycles. The zero-order valence-electron chi connectivity index (χ0n) is 9.63. The average molecular weight is 238 g/mol. The molecule has 0 fully saturated rings. The number of nitrogens with one attached hydrogen (secondary N) is 1. The van der Waals surface area contributed by atoms with E-state index in [-0.39, 0.29) is 0 Å². The lowest BCUT2D eigenvalue weighted by atomic mass is 10.3. The molecular formula is C12H16ClN3. The normalized spacial score (nSPS) is 11.2. The van der Waals surface area contributed by atoms with Gasteiger partial charge in [0.25, 0.3) is 0 Å². The van der Waals surface area contributed by atoms with Crippen molar-refractivity contribution in [2.45, 2.75) is 13.3 Å². The predicted octanol–water partition coefficient (Wildman–Crippen LogP) is 2.38. The Labute approximate surface area is 100 Å². The summed E-state index contributed by atoms with van der Waals surface area (Å²) in [5.41, 5.74) is 2.00. The summed E-state index contributed by atoms with van der Waals surface area (Å²) in [5.74, 6) is 1.07. The number of hydrogen-bond acceptors (Lipinski definition) is 2. The zero-order chi connectivity index (χ0) is 11.5. The number of fused-ring (bicyclic) bond motifs is 1. The molecule has 0 radical (unpaired) electrons. The molecule has 0 spiro atoms. The molecule has 1 aromatic heterocycles. The molecule has 2 aromatic rings. The lowest BCUT2D eigenvalue weighted by molar-refractivity contribution is 0.680. The summed E-state index contributed by atoms with van der Waals surface area (Å²) >= 11 is 6.16. The Morgan fingerprint density at radius 3 is 2.94 bits per heavy atom. The van der Waals surface area contributed by atoms with Crippen LogP contribution in [0.25, 0.3) is 11.0 Å². The van der Waals surface area contributed by atoms with Crippen LogP contribution in [0, 0.1) is 0 Å². The third kappa shape index (κ3) is 2.06. The number of likely N-dealkylation sites (N-methyl/N-ethyl adjacent to an activating group) is 1. The largest absolute Gasteiger partial charge is 0.330 e. The summed E-state index contributed by atoms with van der Waals surface area (Å²) in [6.45, 7) is 4.04. The number of rotatable bonds is 4. The van der Waals surface area contributed by atoms with Gasteiger partial charge in [-0.2, -0.15) is 0 Å². The number of imidazole rings is 1. The van der Waals surface area contributed by atoms with Gasteiger partial charge in [-0.1, -0.05) is 24.6 Å². The Hall–Kier alpha value is -1.06. The molecule has 0 bridgehead atoms. The molecule has 16 heavy (non-hydrogen) atoms.